The average Bonchev–Trinajstić information content (AvgIpc) is 3.40. The fourth-order valence-corrected chi connectivity index (χ4v) is 11.3. The fourth-order valence-electron chi connectivity index (χ4n) is 11.3. The molecule has 0 radical (unpaired) electrons. The summed E-state index contributed by atoms with van der Waals surface area (Å²) in [7, 11) is 0. The molecular weight excluding hydrogens is 891 g/mol. The molecule has 0 aromatic rings. The molecule has 4 nitrogen and oxygen atoms in total. The minimum atomic E-state index is -0.657. The second kappa shape index (κ2) is 65.4. The third-order valence-electron chi connectivity index (χ3n) is 16.5. The predicted octanol–water partition coefficient (Wildman–Crippen LogP) is 23.2. The number of aliphatic hydroxyl groups excluding tert-OH is 2. The highest BCUT2D eigenvalue weighted by molar-refractivity contribution is 5.76. The second-order valence-corrected chi connectivity index (χ2v) is 24.0. The van der Waals surface area contributed by atoms with E-state index in [0.717, 1.165) is 25.7 Å². The molecule has 0 saturated heterocycles. The SMILES string of the molecule is CCCCCCCCCC/C=C\CCCCCCCCCCCCCCCCCCCCCCCCCC(=O)NC(CO)C(O)CCCCCCCCCCCCCCCCCCCCCCCCCCCC. The summed E-state index contributed by atoms with van der Waals surface area (Å²) >= 11 is 0. The molecule has 0 rings (SSSR count). The normalized spacial score (nSPS) is 12.7. The van der Waals surface area contributed by atoms with Crippen LogP contribution in [0.2, 0.25) is 0 Å². The standard InChI is InChI=1S/C69H137NO3/c1-3-5-7-9-11-13-15-17-19-21-23-25-27-29-31-32-33-34-35-36-37-38-39-41-43-45-47-49-51-53-55-57-59-61-63-65-69(73)70-67(66-71)68(72)64-62-60-58-56-54-52-50-48-46-44-42-40-30-28-26-24-22-20-18-16-14-12-10-8-6-4-2/h21,23,67-68,71-72H,3-20,22,24-66H2,1-2H3,(H,70,73)/b23-21-. The van der Waals surface area contributed by atoms with Crippen LogP contribution in [0.1, 0.15) is 406 Å². The molecule has 0 fully saturated rings. The Morgan fingerprint density at radius 3 is 0.753 bits per heavy atom. The van der Waals surface area contributed by atoms with Gasteiger partial charge in [0.2, 0.25) is 5.91 Å². The lowest BCUT2D eigenvalue weighted by molar-refractivity contribution is -0.123. The first-order chi connectivity index (χ1) is 36.2. The Kier molecular flexibility index (Phi) is 64.6. The van der Waals surface area contributed by atoms with Gasteiger partial charge < -0.3 is 15.5 Å². The molecule has 0 bridgehead atoms. The van der Waals surface area contributed by atoms with Crippen molar-refractivity contribution in [2.45, 2.75) is 418 Å². The van der Waals surface area contributed by atoms with Crippen molar-refractivity contribution in [3.05, 3.63) is 12.2 Å². The Morgan fingerprint density at radius 1 is 0.315 bits per heavy atom. The van der Waals surface area contributed by atoms with Crippen LogP contribution in [0, 0.1) is 0 Å². The number of unbranched alkanes of at least 4 members (excludes halogenated alkanes) is 56. The Bertz CT molecular complexity index is 1030. The second-order valence-electron chi connectivity index (χ2n) is 24.0. The van der Waals surface area contributed by atoms with Crippen LogP contribution in [0.15, 0.2) is 12.2 Å². The first-order valence-electron chi connectivity index (χ1n) is 34.4. The number of carbonyl (C=O) groups excluding carboxylic acids is 1. The molecule has 2 unspecified atom stereocenters. The van der Waals surface area contributed by atoms with E-state index in [0.29, 0.717) is 12.8 Å². The van der Waals surface area contributed by atoms with E-state index in [1.54, 1.807) is 0 Å². The molecule has 0 aliphatic rings. The van der Waals surface area contributed by atoms with Crippen molar-refractivity contribution < 1.29 is 15.0 Å². The van der Waals surface area contributed by atoms with E-state index in [1.807, 2.05) is 0 Å². The van der Waals surface area contributed by atoms with Gasteiger partial charge in [0.1, 0.15) is 0 Å². The van der Waals surface area contributed by atoms with Crippen molar-refractivity contribution in [2.75, 3.05) is 6.61 Å². The summed E-state index contributed by atoms with van der Waals surface area (Å²) in [5.74, 6) is -0.0206. The summed E-state index contributed by atoms with van der Waals surface area (Å²) in [6, 6.07) is -0.534. The van der Waals surface area contributed by atoms with Gasteiger partial charge >= 0.3 is 0 Å². The number of hydrogen-bond acceptors (Lipinski definition) is 3. The van der Waals surface area contributed by atoms with Gasteiger partial charge in [0.05, 0.1) is 18.8 Å². The van der Waals surface area contributed by atoms with E-state index in [1.165, 1.54) is 353 Å². The fraction of sp³-hybridized carbons (Fsp3) is 0.957. The molecule has 2 atom stereocenters. The van der Waals surface area contributed by atoms with Gasteiger partial charge in [0.15, 0.2) is 0 Å². The zero-order chi connectivity index (χ0) is 52.7. The van der Waals surface area contributed by atoms with Gasteiger partial charge in [-0.2, -0.15) is 0 Å². The third kappa shape index (κ3) is 61.9. The molecular formula is C69H137NO3. The van der Waals surface area contributed by atoms with Crippen LogP contribution in [0.25, 0.3) is 0 Å². The Hall–Kier alpha value is -0.870. The minimum Gasteiger partial charge on any atom is -0.394 e. The number of hydrogen-bond donors (Lipinski definition) is 3. The maximum Gasteiger partial charge on any atom is 0.220 e. The van der Waals surface area contributed by atoms with Gasteiger partial charge in [-0.3, -0.25) is 4.79 Å². The van der Waals surface area contributed by atoms with Gasteiger partial charge in [0.25, 0.3) is 0 Å². The van der Waals surface area contributed by atoms with Gasteiger partial charge in [0, 0.05) is 6.42 Å². The molecule has 73 heavy (non-hydrogen) atoms. The van der Waals surface area contributed by atoms with Crippen molar-refractivity contribution in [1.82, 2.24) is 5.32 Å². The molecule has 0 aromatic carbocycles. The Morgan fingerprint density at radius 2 is 0.521 bits per heavy atom. The minimum absolute atomic E-state index is 0.0206. The quantitative estimate of drug-likeness (QED) is 0.0420. The van der Waals surface area contributed by atoms with Crippen LogP contribution >= 0.6 is 0 Å². The molecule has 0 aliphatic heterocycles. The van der Waals surface area contributed by atoms with Crippen molar-refractivity contribution in [3.8, 4) is 0 Å². The highest BCUT2D eigenvalue weighted by Gasteiger charge is 2.20. The maximum atomic E-state index is 12.6. The maximum absolute atomic E-state index is 12.6. The molecule has 0 spiro atoms. The third-order valence-corrected chi connectivity index (χ3v) is 16.5. The van der Waals surface area contributed by atoms with E-state index in [2.05, 4.69) is 31.3 Å². The molecule has 0 heterocycles. The molecule has 0 saturated carbocycles. The van der Waals surface area contributed by atoms with Crippen molar-refractivity contribution in [1.29, 1.82) is 0 Å². The van der Waals surface area contributed by atoms with Crippen LogP contribution in [0.3, 0.4) is 0 Å². The summed E-state index contributed by atoms with van der Waals surface area (Å²) in [6.45, 7) is 4.41. The summed E-state index contributed by atoms with van der Waals surface area (Å²) in [5.41, 5.74) is 0. The highest BCUT2D eigenvalue weighted by Crippen LogP contribution is 2.19. The van der Waals surface area contributed by atoms with Crippen molar-refractivity contribution in [3.63, 3.8) is 0 Å². The Balaban J connectivity index is 3.36. The summed E-state index contributed by atoms with van der Waals surface area (Å²) in [6.07, 6.45) is 87.0. The largest absolute Gasteiger partial charge is 0.394 e. The van der Waals surface area contributed by atoms with Crippen LogP contribution < -0.4 is 5.32 Å². The molecule has 0 aliphatic carbocycles. The van der Waals surface area contributed by atoms with E-state index in [4.69, 9.17) is 0 Å². The average molecular weight is 1030 g/mol. The lowest BCUT2D eigenvalue weighted by Crippen LogP contribution is -2.45. The first kappa shape index (κ1) is 72.1. The van der Waals surface area contributed by atoms with Crippen LogP contribution in [0.5, 0.6) is 0 Å². The molecule has 0 aromatic heterocycles. The van der Waals surface area contributed by atoms with Gasteiger partial charge in [-0.25, -0.2) is 0 Å². The highest BCUT2D eigenvalue weighted by atomic mass is 16.3. The number of rotatable bonds is 65. The molecule has 4 heteroatoms. The number of aliphatic hydroxyl groups is 2. The lowest BCUT2D eigenvalue weighted by Gasteiger charge is -2.22. The zero-order valence-electron chi connectivity index (χ0n) is 50.5. The lowest BCUT2D eigenvalue weighted by atomic mass is 10.0. The number of carbonyl (C=O) groups is 1. The summed E-state index contributed by atoms with van der Waals surface area (Å²) in [5, 5.41) is 23.5. The number of nitrogens with one attached hydrogen (secondary N) is 1. The Labute approximate surface area is 460 Å². The van der Waals surface area contributed by atoms with Crippen LogP contribution in [0.4, 0.5) is 0 Å². The van der Waals surface area contributed by atoms with E-state index in [9.17, 15) is 15.0 Å². The smallest absolute Gasteiger partial charge is 0.220 e. The van der Waals surface area contributed by atoms with Gasteiger partial charge in [-0.1, -0.05) is 373 Å². The molecule has 436 valence electrons. The van der Waals surface area contributed by atoms with Crippen LogP contribution in [-0.4, -0.2) is 34.9 Å². The zero-order valence-corrected chi connectivity index (χ0v) is 50.5. The summed E-state index contributed by atoms with van der Waals surface area (Å²) in [4.78, 5) is 12.6. The molecule has 1 amide bonds. The van der Waals surface area contributed by atoms with E-state index < -0.39 is 12.1 Å². The van der Waals surface area contributed by atoms with Crippen LogP contribution in [-0.2, 0) is 4.79 Å². The number of allylic oxidation sites excluding steroid dienone is 2. The predicted molar refractivity (Wildman–Crippen MR) is 327 cm³/mol. The topological polar surface area (TPSA) is 69.6 Å². The first-order valence-corrected chi connectivity index (χ1v) is 34.4. The number of amides is 1. The summed E-state index contributed by atoms with van der Waals surface area (Å²) < 4.78 is 0. The van der Waals surface area contributed by atoms with Crippen molar-refractivity contribution in [2.24, 2.45) is 0 Å². The van der Waals surface area contributed by atoms with E-state index >= 15 is 0 Å². The monoisotopic (exact) mass is 1030 g/mol. The molecule has 3 N–H and O–H groups in total. The van der Waals surface area contributed by atoms with E-state index in [-0.39, 0.29) is 12.5 Å². The van der Waals surface area contributed by atoms with Crippen molar-refractivity contribution >= 4 is 5.91 Å². The van der Waals surface area contributed by atoms with Gasteiger partial charge in [-0.05, 0) is 38.5 Å². The van der Waals surface area contributed by atoms with Gasteiger partial charge in [-0.15, -0.1) is 0 Å².